The van der Waals surface area contributed by atoms with Crippen LogP contribution in [0.3, 0.4) is 0 Å². The Kier molecular flexibility index (Phi) is 6.07. The average molecular weight is 461 g/mol. The fourth-order valence-electron chi connectivity index (χ4n) is 3.72. The van der Waals surface area contributed by atoms with E-state index in [0.29, 0.717) is 16.8 Å². The van der Waals surface area contributed by atoms with Crippen molar-refractivity contribution in [1.82, 2.24) is 0 Å². The normalized spacial score (nSPS) is 11.3. The summed E-state index contributed by atoms with van der Waals surface area (Å²) in [7, 11) is -4.08. The first-order valence-corrected chi connectivity index (χ1v) is 11.9. The van der Waals surface area contributed by atoms with Gasteiger partial charge >= 0.3 is 0 Å². The fraction of sp³-hybridized carbons (Fsp3) is 0.115. The van der Waals surface area contributed by atoms with E-state index >= 15 is 0 Å². The minimum Gasteiger partial charge on any atom is -0.508 e. The van der Waals surface area contributed by atoms with Gasteiger partial charge in [-0.15, -0.1) is 0 Å². The molecule has 0 atom stereocenters. The van der Waals surface area contributed by atoms with Gasteiger partial charge in [-0.05, 0) is 66.8 Å². The molecule has 0 radical (unpaired) electrons. The molecule has 0 aliphatic heterocycles. The molecule has 4 rings (SSSR count). The Morgan fingerprint density at radius 1 is 0.879 bits per heavy atom. The van der Waals surface area contributed by atoms with E-state index in [-0.39, 0.29) is 10.6 Å². The Bertz CT molecular complexity index is 1430. The maximum absolute atomic E-state index is 14.0. The van der Waals surface area contributed by atoms with Crippen molar-refractivity contribution < 1.29 is 18.3 Å². The van der Waals surface area contributed by atoms with Crippen molar-refractivity contribution in [2.24, 2.45) is 0 Å². The maximum Gasteiger partial charge on any atom is 0.265 e. The molecule has 33 heavy (non-hydrogen) atoms. The highest BCUT2D eigenvalue weighted by Gasteiger charge is 2.30. The van der Waals surface area contributed by atoms with Crippen molar-refractivity contribution in [2.45, 2.75) is 18.7 Å². The molecule has 4 aromatic carbocycles. The number of nitrogens with zero attached hydrogens (tertiary/aromatic N) is 1. The first-order valence-electron chi connectivity index (χ1n) is 10.4. The molecule has 0 fully saturated rings. The number of nitrogens with one attached hydrogen (secondary N) is 1. The Hall–Kier alpha value is -3.84. The van der Waals surface area contributed by atoms with Crippen LogP contribution in [0.2, 0.25) is 0 Å². The largest absolute Gasteiger partial charge is 0.508 e. The number of carbonyl (C=O) groups is 1. The van der Waals surface area contributed by atoms with Crippen LogP contribution >= 0.6 is 0 Å². The predicted octanol–water partition coefficient (Wildman–Crippen LogP) is 5.00. The lowest BCUT2D eigenvalue weighted by molar-refractivity contribution is -0.114. The summed E-state index contributed by atoms with van der Waals surface area (Å²) >= 11 is 0. The molecule has 2 N–H and O–H groups in total. The molecular formula is C26H24N2O4S. The molecule has 0 bridgehead atoms. The molecule has 6 nitrogen and oxygen atoms in total. The number of rotatable bonds is 6. The number of aryl methyl sites for hydroxylation is 1. The second-order valence-electron chi connectivity index (χ2n) is 7.80. The Morgan fingerprint density at radius 3 is 2.30 bits per heavy atom. The quantitative estimate of drug-likeness (QED) is 0.397. The SMILES string of the molecule is Cc1cccc(N(CC(=O)Nc2ccc(O)cc2)S(=O)(=O)c2cccc3ccccc23)c1C. The highest BCUT2D eigenvalue weighted by Crippen LogP contribution is 2.32. The van der Waals surface area contributed by atoms with E-state index in [2.05, 4.69) is 5.32 Å². The van der Waals surface area contributed by atoms with E-state index < -0.39 is 22.5 Å². The van der Waals surface area contributed by atoms with E-state index in [0.717, 1.165) is 20.8 Å². The van der Waals surface area contributed by atoms with Gasteiger partial charge in [-0.3, -0.25) is 9.10 Å². The third kappa shape index (κ3) is 4.54. The number of phenols is 1. The van der Waals surface area contributed by atoms with Gasteiger partial charge in [0.1, 0.15) is 12.3 Å². The maximum atomic E-state index is 14.0. The summed E-state index contributed by atoms with van der Waals surface area (Å²) in [5.74, 6) is -0.422. The van der Waals surface area contributed by atoms with Crippen LogP contribution in [-0.2, 0) is 14.8 Å². The number of carbonyl (C=O) groups excluding carboxylic acids is 1. The number of hydrogen-bond acceptors (Lipinski definition) is 4. The van der Waals surface area contributed by atoms with Crippen LogP contribution in [0.5, 0.6) is 5.75 Å². The standard InChI is InChI=1S/C26H24N2O4S/c1-18-7-5-11-24(19(18)2)28(17-26(30)27-21-13-15-22(29)16-14-21)33(31,32)25-12-6-9-20-8-3-4-10-23(20)25/h3-16,29H,17H2,1-2H3,(H,27,30). The molecule has 4 aromatic rings. The summed E-state index contributed by atoms with van der Waals surface area (Å²) in [5, 5.41) is 13.6. The second-order valence-corrected chi connectivity index (χ2v) is 9.63. The van der Waals surface area contributed by atoms with E-state index in [4.69, 9.17) is 0 Å². The summed E-state index contributed by atoms with van der Waals surface area (Å²) in [6.45, 7) is 3.34. The monoisotopic (exact) mass is 460 g/mol. The van der Waals surface area contributed by atoms with Gasteiger partial charge in [-0.1, -0.05) is 48.5 Å². The highest BCUT2D eigenvalue weighted by atomic mass is 32.2. The number of aromatic hydroxyl groups is 1. The molecule has 0 spiro atoms. The van der Waals surface area contributed by atoms with Gasteiger partial charge in [-0.2, -0.15) is 0 Å². The van der Waals surface area contributed by atoms with Crippen molar-refractivity contribution in [3.63, 3.8) is 0 Å². The molecule has 0 aromatic heterocycles. The molecule has 0 saturated carbocycles. The summed E-state index contributed by atoms with van der Waals surface area (Å²) in [6, 6.07) is 23.8. The Balaban J connectivity index is 1.79. The second kappa shape index (κ2) is 8.96. The number of sulfonamides is 1. The van der Waals surface area contributed by atoms with Crippen LogP contribution in [0, 0.1) is 13.8 Å². The van der Waals surface area contributed by atoms with Crippen LogP contribution in [0.25, 0.3) is 10.8 Å². The molecule has 0 heterocycles. The van der Waals surface area contributed by atoms with Crippen LogP contribution in [0.15, 0.2) is 89.8 Å². The summed E-state index contributed by atoms with van der Waals surface area (Å²) in [5.41, 5.74) is 2.60. The molecule has 168 valence electrons. The van der Waals surface area contributed by atoms with E-state index in [1.54, 1.807) is 48.5 Å². The summed E-state index contributed by atoms with van der Waals surface area (Å²) in [6.07, 6.45) is 0. The van der Waals surface area contributed by atoms with Crippen molar-refractivity contribution >= 4 is 38.1 Å². The number of benzene rings is 4. The molecule has 0 aliphatic carbocycles. The predicted molar refractivity (Wildman–Crippen MR) is 131 cm³/mol. The average Bonchev–Trinajstić information content (AvgIpc) is 2.80. The van der Waals surface area contributed by atoms with Crippen LogP contribution in [0.4, 0.5) is 11.4 Å². The number of anilines is 2. The summed E-state index contributed by atoms with van der Waals surface area (Å²) < 4.78 is 29.1. The van der Waals surface area contributed by atoms with Gasteiger partial charge < -0.3 is 10.4 Å². The zero-order valence-corrected chi connectivity index (χ0v) is 19.1. The third-order valence-corrected chi connectivity index (χ3v) is 7.42. The van der Waals surface area contributed by atoms with Crippen LogP contribution in [-0.4, -0.2) is 26.0 Å². The lowest BCUT2D eigenvalue weighted by Crippen LogP contribution is -2.38. The Labute approximate surface area is 193 Å². The third-order valence-electron chi connectivity index (χ3n) is 5.60. The highest BCUT2D eigenvalue weighted by molar-refractivity contribution is 7.93. The van der Waals surface area contributed by atoms with Crippen LogP contribution < -0.4 is 9.62 Å². The van der Waals surface area contributed by atoms with Gasteiger partial charge in [-0.25, -0.2) is 8.42 Å². The van der Waals surface area contributed by atoms with Gasteiger partial charge in [0.05, 0.1) is 10.6 Å². The van der Waals surface area contributed by atoms with Crippen molar-refractivity contribution in [3.05, 3.63) is 96.1 Å². The molecular weight excluding hydrogens is 436 g/mol. The molecule has 0 aliphatic rings. The number of phenolic OH excluding ortho intramolecular Hbond substituents is 1. The van der Waals surface area contributed by atoms with Crippen molar-refractivity contribution in [1.29, 1.82) is 0 Å². The van der Waals surface area contributed by atoms with E-state index in [9.17, 15) is 18.3 Å². The first-order chi connectivity index (χ1) is 15.8. The van der Waals surface area contributed by atoms with E-state index in [1.807, 2.05) is 38.1 Å². The minimum atomic E-state index is -4.08. The van der Waals surface area contributed by atoms with Crippen molar-refractivity contribution in [2.75, 3.05) is 16.2 Å². The van der Waals surface area contributed by atoms with E-state index in [1.165, 1.54) is 12.1 Å². The zero-order chi connectivity index (χ0) is 23.6. The van der Waals surface area contributed by atoms with Gasteiger partial charge in [0.2, 0.25) is 5.91 Å². The number of fused-ring (bicyclic) bond motifs is 1. The van der Waals surface area contributed by atoms with Gasteiger partial charge in [0.25, 0.3) is 10.0 Å². The van der Waals surface area contributed by atoms with Gasteiger partial charge in [0, 0.05) is 11.1 Å². The molecule has 0 saturated heterocycles. The lowest BCUT2D eigenvalue weighted by atomic mass is 10.1. The first kappa shape index (κ1) is 22.4. The molecule has 7 heteroatoms. The van der Waals surface area contributed by atoms with Gasteiger partial charge in [0.15, 0.2) is 0 Å². The topological polar surface area (TPSA) is 86.7 Å². The zero-order valence-electron chi connectivity index (χ0n) is 18.3. The molecule has 0 unspecified atom stereocenters. The minimum absolute atomic E-state index is 0.0727. The number of amides is 1. The Morgan fingerprint density at radius 2 is 1.55 bits per heavy atom. The summed E-state index contributed by atoms with van der Waals surface area (Å²) in [4.78, 5) is 13.1. The van der Waals surface area contributed by atoms with Crippen molar-refractivity contribution in [3.8, 4) is 5.75 Å². The smallest absolute Gasteiger partial charge is 0.265 e. The van der Waals surface area contributed by atoms with Crippen LogP contribution in [0.1, 0.15) is 11.1 Å². The fourth-order valence-corrected chi connectivity index (χ4v) is 5.42. The molecule has 1 amide bonds. The number of hydrogen-bond donors (Lipinski definition) is 2. The lowest BCUT2D eigenvalue weighted by Gasteiger charge is -2.27.